The molecule has 2 rings (SSSR count). The van der Waals surface area contributed by atoms with Gasteiger partial charge in [0.15, 0.2) is 5.75 Å². The molecule has 0 radical (unpaired) electrons. The maximum atomic E-state index is 10.8. The van der Waals surface area contributed by atoms with E-state index in [0.717, 1.165) is 23.2 Å². The summed E-state index contributed by atoms with van der Waals surface area (Å²) in [5, 5.41) is 0.970. The number of aldehydes is 1. The molecule has 0 aliphatic heterocycles. The highest BCUT2D eigenvalue weighted by Crippen LogP contribution is 2.33. The average Bonchev–Trinajstić information content (AvgIpc) is 2.59. The number of halogens is 2. The first-order valence-electron chi connectivity index (χ1n) is 7.99. The molecule has 6 heteroatoms. The number of aryl methyl sites for hydroxylation is 1. The molecule has 0 saturated carbocycles. The van der Waals surface area contributed by atoms with E-state index in [9.17, 15) is 4.79 Å². The number of nitrogens with two attached hydrogens (primary N) is 1. The minimum atomic E-state index is -0.149. The third-order valence-electron chi connectivity index (χ3n) is 3.66. The zero-order valence-electron chi connectivity index (χ0n) is 14.0. The second kappa shape index (κ2) is 9.66. The van der Waals surface area contributed by atoms with Gasteiger partial charge in [0.2, 0.25) is 0 Å². The number of hydrogen-bond acceptors (Lipinski definition) is 4. The lowest BCUT2D eigenvalue weighted by Crippen LogP contribution is -2.17. The fraction of sp³-hybridized carbons (Fsp3) is 0.316. The van der Waals surface area contributed by atoms with Crippen LogP contribution >= 0.6 is 23.2 Å². The Morgan fingerprint density at radius 3 is 2.24 bits per heavy atom. The van der Waals surface area contributed by atoms with E-state index < -0.39 is 0 Å². The van der Waals surface area contributed by atoms with Gasteiger partial charge in [0.1, 0.15) is 25.2 Å². The second-order valence-electron chi connectivity index (χ2n) is 5.73. The topological polar surface area (TPSA) is 61.5 Å². The number of carbonyl (C=O) groups excluding carboxylic acids is 1. The van der Waals surface area contributed by atoms with Crippen LogP contribution in [0.5, 0.6) is 11.5 Å². The molecule has 1 atom stereocenters. The molecule has 0 aliphatic rings. The molecule has 0 heterocycles. The molecular weight excluding hydrogens is 361 g/mol. The van der Waals surface area contributed by atoms with Crippen LogP contribution in [-0.4, -0.2) is 26.0 Å². The standard InChI is InChI=1S/C19H21Cl2NO3/c1-13-8-17(20)19(18(21)9-13)25-7-6-24-16-4-2-14(3-5-16)10-15(11-22)12-23/h2-5,8-9,12,15H,6-7,10-11,22H2,1H3. The van der Waals surface area contributed by atoms with Gasteiger partial charge in [-0.3, -0.25) is 0 Å². The van der Waals surface area contributed by atoms with Gasteiger partial charge >= 0.3 is 0 Å². The molecule has 2 aromatic carbocycles. The van der Waals surface area contributed by atoms with Gasteiger partial charge in [-0.2, -0.15) is 0 Å². The monoisotopic (exact) mass is 381 g/mol. The van der Waals surface area contributed by atoms with Crippen LogP contribution in [0.3, 0.4) is 0 Å². The molecule has 0 aromatic heterocycles. The van der Waals surface area contributed by atoms with E-state index in [1.807, 2.05) is 31.2 Å². The maximum Gasteiger partial charge on any atom is 0.156 e. The number of benzene rings is 2. The van der Waals surface area contributed by atoms with Gasteiger partial charge in [-0.05, 0) is 48.7 Å². The predicted molar refractivity (Wildman–Crippen MR) is 101 cm³/mol. The van der Waals surface area contributed by atoms with Crippen molar-refractivity contribution in [1.29, 1.82) is 0 Å². The van der Waals surface area contributed by atoms with Crippen LogP contribution in [0, 0.1) is 12.8 Å². The Kier molecular flexibility index (Phi) is 7.56. The van der Waals surface area contributed by atoms with Crippen molar-refractivity contribution >= 4 is 29.5 Å². The zero-order valence-corrected chi connectivity index (χ0v) is 15.5. The summed E-state index contributed by atoms with van der Waals surface area (Å²) in [7, 11) is 0. The molecule has 1 unspecified atom stereocenters. The highest BCUT2D eigenvalue weighted by molar-refractivity contribution is 6.37. The third kappa shape index (κ3) is 5.92. The van der Waals surface area contributed by atoms with E-state index in [4.69, 9.17) is 38.4 Å². The van der Waals surface area contributed by atoms with Crippen molar-refractivity contribution in [2.45, 2.75) is 13.3 Å². The van der Waals surface area contributed by atoms with Crippen molar-refractivity contribution in [1.82, 2.24) is 0 Å². The summed E-state index contributed by atoms with van der Waals surface area (Å²) in [6, 6.07) is 11.2. The Hall–Kier alpha value is -1.75. The third-order valence-corrected chi connectivity index (χ3v) is 4.22. The van der Waals surface area contributed by atoms with Crippen molar-refractivity contribution in [2.75, 3.05) is 19.8 Å². The quantitative estimate of drug-likeness (QED) is 0.525. The van der Waals surface area contributed by atoms with Crippen molar-refractivity contribution in [3.05, 3.63) is 57.6 Å². The van der Waals surface area contributed by atoms with E-state index in [0.29, 0.717) is 42.0 Å². The molecule has 0 fully saturated rings. The summed E-state index contributed by atoms with van der Waals surface area (Å²) in [5.74, 6) is 1.04. The summed E-state index contributed by atoms with van der Waals surface area (Å²) in [6.45, 7) is 2.95. The first kappa shape index (κ1) is 19.6. The van der Waals surface area contributed by atoms with E-state index in [1.165, 1.54) is 0 Å². The Balaban J connectivity index is 1.81. The second-order valence-corrected chi connectivity index (χ2v) is 6.55. The Morgan fingerprint density at radius 2 is 1.68 bits per heavy atom. The van der Waals surface area contributed by atoms with E-state index in [-0.39, 0.29) is 5.92 Å². The number of hydrogen-bond donors (Lipinski definition) is 1. The molecule has 0 amide bonds. The minimum Gasteiger partial charge on any atom is -0.490 e. The van der Waals surface area contributed by atoms with E-state index in [1.54, 1.807) is 12.1 Å². The number of rotatable bonds is 9. The molecule has 2 aromatic rings. The van der Waals surface area contributed by atoms with E-state index >= 15 is 0 Å². The molecule has 134 valence electrons. The van der Waals surface area contributed by atoms with Gasteiger partial charge < -0.3 is 20.0 Å². The number of ether oxygens (including phenoxy) is 2. The lowest BCUT2D eigenvalue weighted by atomic mass is 10.0. The van der Waals surface area contributed by atoms with Gasteiger partial charge in [0.05, 0.1) is 10.0 Å². The van der Waals surface area contributed by atoms with Gasteiger partial charge in [-0.25, -0.2) is 0 Å². The zero-order chi connectivity index (χ0) is 18.2. The summed E-state index contributed by atoms with van der Waals surface area (Å²) >= 11 is 12.3. The van der Waals surface area contributed by atoms with Crippen LogP contribution < -0.4 is 15.2 Å². The number of carbonyl (C=O) groups is 1. The molecule has 25 heavy (non-hydrogen) atoms. The van der Waals surface area contributed by atoms with Gasteiger partial charge in [0, 0.05) is 12.5 Å². The van der Waals surface area contributed by atoms with Gasteiger partial charge in [-0.15, -0.1) is 0 Å². The molecule has 0 bridgehead atoms. The molecule has 0 saturated heterocycles. The Labute approximate surface area is 157 Å². The highest BCUT2D eigenvalue weighted by Gasteiger charge is 2.09. The molecule has 2 N–H and O–H groups in total. The first-order valence-corrected chi connectivity index (χ1v) is 8.74. The van der Waals surface area contributed by atoms with Crippen LogP contribution in [0.1, 0.15) is 11.1 Å². The first-order chi connectivity index (χ1) is 12.0. The fourth-order valence-electron chi connectivity index (χ4n) is 2.34. The van der Waals surface area contributed by atoms with Crippen LogP contribution in [-0.2, 0) is 11.2 Å². The molecule has 0 aliphatic carbocycles. The SMILES string of the molecule is Cc1cc(Cl)c(OCCOc2ccc(CC(C=O)CN)cc2)c(Cl)c1. The van der Waals surface area contributed by atoms with Crippen LogP contribution in [0.4, 0.5) is 0 Å². The summed E-state index contributed by atoms with van der Waals surface area (Å²) < 4.78 is 11.2. The average molecular weight is 382 g/mol. The van der Waals surface area contributed by atoms with Crippen LogP contribution in [0.15, 0.2) is 36.4 Å². The summed E-state index contributed by atoms with van der Waals surface area (Å²) in [5.41, 5.74) is 7.55. The molecular formula is C19H21Cl2NO3. The van der Waals surface area contributed by atoms with E-state index in [2.05, 4.69) is 0 Å². The van der Waals surface area contributed by atoms with Crippen molar-refractivity contribution in [2.24, 2.45) is 11.7 Å². The van der Waals surface area contributed by atoms with Gasteiger partial charge in [0.25, 0.3) is 0 Å². The summed E-state index contributed by atoms with van der Waals surface area (Å²) in [6.07, 6.45) is 1.52. The smallest absolute Gasteiger partial charge is 0.156 e. The highest BCUT2D eigenvalue weighted by atomic mass is 35.5. The van der Waals surface area contributed by atoms with Gasteiger partial charge in [-0.1, -0.05) is 35.3 Å². The predicted octanol–water partition coefficient (Wildman–Crippen LogP) is 4.08. The summed E-state index contributed by atoms with van der Waals surface area (Å²) in [4.78, 5) is 10.8. The molecule has 0 spiro atoms. The lowest BCUT2D eigenvalue weighted by molar-refractivity contribution is -0.110. The van der Waals surface area contributed by atoms with Crippen molar-refractivity contribution in [3.63, 3.8) is 0 Å². The van der Waals surface area contributed by atoms with Crippen molar-refractivity contribution in [3.8, 4) is 11.5 Å². The van der Waals surface area contributed by atoms with Crippen LogP contribution in [0.25, 0.3) is 0 Å². The fourth-order valence-corrected chi connectivity index (χ4v) is 3.04. The lowest BCUT2D eigenvalue weighted by Gasteiger charge is -2.12. The molecule has 4 nitrogen and oxygen atoms in total. The normalized spacial score (nSPS) is 11.8. The minimum absolute atomic E-state index is 0.149. The maximum absolute atomic E-state index is 10.8. The Bertz CT molecular complexity index is 681. The van der Waals surface area contributed by atoms with Crippen molar-refractivity contribution < 1.29 is 14.3 Å². The largest absolute Gasteiger partial charge is 0.490 e. The Morgan fingerprint density at radius 1 is 1.08 bits per heavy atom. The van der Waals surface area contributed by atoms with Crippen LogP contribution in [0.2, 0.25) is 10.0 Å².